The Bertz CT molecular complexity index is 921. The van der Waals surface area contributed by atoms with Crippen molar-refractivity contribution in [1.29, 1.82) is 0 Å². The van der Waals surface area contributed by atoms with Crippen LogP contribution in [0.3, 0.4) is 0 Å². The van der Waals surface area contributed by atoms with Gasteiger partial charge in [-0.2, -0.15) is 5.10 Å². The SMILES string of the molecule is Cc1cccnc1CN1CCn2nc(COc3ccccc3)cc2C1=O. The number of amides is 1. The Kier molecular flexibility index (Phi) is 4.39. The van der Waals surface area contributed by atoms with Gasteiger partial charge in [-0.05, 0) is 36.8 Å². The molecule has 132 valence electrons. The van der Waals surface area contributed by atoms with Crippen LogP contribution in [0, 0.1) is 6.92 Å². The van der Waals surface area contributed by atoms with Gasteiger partial charge in [0.15, 0.2) is 0 Å². The smallest absolute Gasteiger partial charge is 0.272 e. The number of rotatable bonds is 5. The van der Waals surface area contributed by atoms with Crippen molar-refractivity contribution in [2.75, 3.05) is 6.54 Å². The molecule has 3 heterocycles. The van der Waals surface area contributed by atoms with Crippen LogP contribution in [0.4, 0.5) is 0 Å². The molecule has 0 bridgehead atoms. The van der Waals surface area contributed by atoms with Crippen LogP contribution in [0.1, 0.15) is 27.4 Å². The molecule has 1 aliphatic heterocycles. The van der Waals surface area contributed by atoms with Crippen molar-refractivity contribution in [2.45, 2.75) is 26.6 Å². The number of carbonyl (C=O) groups excluding carboxylic acids is 1. The number of aryl methyl sites for hydroxylation is 1. The third kappa shape index (κ3) is 3.31. The molecule has 0 fully saturated rings. The molecule has 6 heteroatoms. The fourth-order valence-corrected chi connectivity index (χ4v) is 3.05. The molecule has 4 rings (SSSR count). The van der Waals surface area contributed by atoms with Crippen LogP contribution in [0.15, 0.2) is 54.7 Å². The van der Waals surface area contributed by atoms with Gasteiger partial charge in [0.1, 0.15) is 23.7 Å². The summed E-state index contributed by atoms with van der Waals surface area (Å²) in [5.41, 5.74) is 3.39. The van der Waals surface area contributed by atoms with Crippen molar-refractivity contribution in [3.8, 4) is 5.75 Å². The minimum Gasteiger partial charge on any atom is -0.487 e. The lowest BCUT2D eigenvalue weighted by Crippen LogP contribution is -2.40. The molecule has 0 aliphatic carbocycles. The highest BCUT2D eigenvalue weighted by atomic mass is 16.5. The Hall–Kier alpha value is -3.15. The van der Waals surface area contributed by atoms with Crippen molar-refractivity contribution in [2.24, 2.45) is 0 Å². The lowest BCUT2D eigenvalue weighted by Gasteiger charge is -2.27. The number of benzene rings is 1. The van der Waals surface area contributed by atoms with Crippen molar-refractivity contribution in [3.63, 3.8) is 0 Å². The average Bonchev–Trinajstić information content (AvgIpc) is 3.09. The van der Waals surface area contributed by atoms with Crippen LogP contribution in [0.2, 0.25) is 0 Å². The zero-order valence-corrected chi connectivity index (χ0v) is 14.6. The highest BCUT2D eigenvalue weighted by Gasteiger charge is 2.27. The second kappa shape index (κ2) is 7.00. The van der Waals surface area contributed by atoms with Gasteiger partial charge in [-0.3, -0.25) is 14.5 Å². The molecule has 0 unspecified atom stereocenters. The number of carbonyl (C=O) groups is 1. The molecular formula is C20H20N4O2. The number of hydrogen-bond donors (Lipinski definition) is 0. The van der Waals surface area contributed by atoms with Gasteiger partial charge >= 0.3 is 0 Å². The van der Waals surface area contributed by atoms with Crippen LogP contribution >= 0.6 is 0 Å². The number of ether oxygens (including phenoxy) is 1. The molecule has 1 aromatic carbocycles. The minimum atomic E-state index is -0.0141. The molecule has 0 radical (unpaired) electrons. The van der Waals surface area contributed by atoms with Gasteiger partial charge in [-0.15, -0.1) is 0 Å². The number of hydrogen-bond acceptors (Lipinski definition) is 4. The lowest BCUT2D eigenvalue weighted by atomic mass is 10.2. The predicted octanol–water partition coefficient (Wildman–Crippen LogP) is 2.82. The molecule has 1 aliphatic rings. The number of aromatic nitrogens is 3. The van der Waals surface area contributed by atoms with Crippen molar-refractivity contribution >= 4 is 5.91 Å². The van der Waals surface area contributed by atoms with E-state index in [-0.39, 0.29) is 5.91 Å². The summed E-state index contributed by atoms with van der Waals surface area (Å²) in [6, 6.07) is 15.3. The maximum atomic E-state index is 12.8. The third-order valence-electron chi connectivity index (χ3n) is 4.51. The average molecular weight is 348 g/mol. The quantitative estimate of drug-likeness (QED) is 0.711. The van der Waals surface area contributed by atoms with Crippen LogP contribution in [0.25, 0.3) is 0 Å². The topological polar surface area (TPSA) is 60.3 Å². The third-order valence-corrected chi connectivity index (χ3v) is 4.51. The van der Waals surface area contributed by atoms with E-state index in [9.17, 15) is 4.79 Å². The van der Waals surface area contributed by atoms with Crippen molar-refractivity contribution in [1.82, 2.24) is 19.7 Å². The Balaban J connectivity index is 1.46. The minimum absolute atomic E-state index is 0.0141. The number of pyridine rings is 1. The Morgan fingerprint density at radius 3 is 2.77 bits per heavy atom. The summed E-state index contributed by atoms with van der Waals surface area (Å²) in [5.74, 6) is 0.775. The Labute approximate surface area is 152 Å². The van der Waals surface area contributed by atoms with E-state index in [1.165, 1.54) is 0 Å². The van der Waals surface area contributed by atoms with E-state index in [2.05, 4.69) is 10.1 Å². The van der Waals surface area contributed by atoms with Gasteiger partial charge in [0.25, 0.3) is 5.91 Å². The van der Waals surface area contributed by atoms with E-state index in [4.69, 9.17) is 4.74 Å². The fraction of sp³-hybridized carbons (Fsp3) is 0.250. The van der Waals surface area contributed by atoms with E-state index in [1.54, 1.807) is 10.9 Å². The van der Waals surface area contributed by atoms with Gasteiger partial charge in [-0.1, -0.05) is 24.3 Å². The van der Waals surface area contributed by atoms with Gasteiger partial charge in [-0.25, -0.2) is 0 Å². The van der Waals surface area contributed by atoms with Crippen LogP contribution in [0.5, 0.6) is 5.75 Å². The fourth-order valence-electron chi connectivity index (χ4n) is 3.05. The molecule has 0 spiro atoms. The maximum absolute atomic E-state index is 12.8. The molecule has 0 saturated heterocycles. The first-order valence-electron chi connectivity index (χ1n) is 8.65. The van der Waals surface area contributed by atoms with Crippen LogP contribution < -0.4 is 4.74 Å². The summed E-state index contributed by atoms with van der Waals surface area (Å²) in [7, 11) is 0. The lowest BCUT2D eigenvalue weighted by molar-refractivity contribution is 0.0681. The molecule has 1 amide bonds. The normalized spacial score (nSPS) is 13.6. The van der Waals surface area contributed by atoms with Gasteiger partial charge in [0.05, 0.1) is 18.8 Å². The van der Waals surface area contributed by atoms with Crippen molar-refractivity contribution in [3.05, 3.63) is 77.4 Å². The largest absolute Gasteiger partial charge is 0.487 e. The molecule has 3 aromatic rings. The van der Waals surface area contributed by atoms with Crippen LogP contribution in [-0.4, -0.2) is 32.1 Å². The van der Waals surface area contributed by atoms with E-state index in [0.29, 0.717) is 31.9 Å². The molecule has 26 heavy (non-hydrogen) atoms. The molecule has 2 aromatic heterocycles. The zero-order chi connectivity index (χ0) is 17.9. The summed E-state index contributed by atoms with van der Waals surface area (Å²) in [5, 5.41) is 4.50. The van der Waals surface area contributed by atoms with Crippen molar-refractivity contribution < 1.29 is 9.53 Å². The first-order valence-corrected chi connectivity index (χ1v) is 8.65. The molecule has 0 N–H and O–H groups in total. The number of para-hydroxylation sites is 1. The summed E-state index contributed by atoms with van der Waals surface area (Å²) < 4.78 is 7.50. The predicted molar refractivity (Wildman–Crippen MR) is 96.7 cm³/mol. The van der Waals surface area contributed by atoms with Gasteiger partial charge in [0, 0.05) is 12.7 Å². The monoisotopic (exact) mass is 348 g/mol. The number of nitrogens with zero attached hydrogens (tertiary/aromatic N) is 4. The Morgan fingerprint density at radius 1 is 1.12 bits per heavy atom. The van der Waals surface area contributed by atoms with E-state index >= 15 is 0 Å². The first-order chi connectivity index (χ1) is 12.7. The summed E-state index contributed by atoms with van der Waals surface area (Å²) in [6.07, 6.45) is 1.76. The molecule has 6 nitrogen and oxygen atoms in total. The molecule has 0 atom stereocenters. The summed E-state index contributed by atoms with van der Waals surface area (Å²) in [4.78, 5) is 19.0. The van der Waals surface area contributed by atoms with E-state index in [0.717, 1.165) is 22.7 Å². The number of fused-ring (bicyclic) bond motifs is 1. The zero-order valence-electron chi connectivity index (χ0n) is 14.6. The molecular weight excluding hydrogens is 328 g/mol. The standard InChI is InChI=1S/C20H20N4O2/c1-15-6-5-9-21-18(15)13-23-10-11-24-19(20(23)25)12-16(22-24)14-26-17-7-3-2-4-8-17/h2-9,12H,10-11,13-14H2,1H3. The first kappa shape index (κ1) is 16.3. The van der Waals surface area contributed by atoms with E-state index < -0.39 is 0 Å². The summed E-state index contributed by atoms with van der Waals surface area (Å²) in [6.45, 7) is 4.18. The van der Waals surface area contributed by atoms with Gasteiger partial charge < -0.3 is 9.64 Å². The highest BCUT2D eigenvalue weighted by molar-refractivity contribution is 5.93. The second-order valence-corrected chi connectivity index (χ2v) is 6.34. The molecule has 0 saturated carbocycles. The van der Waals surface area contributed by atoms with Crippen LogP contribution in [-0.2, 0) is 19.7 Å². The Morgan fingerprint density at radius 2 is 1.96 bits per heavy atom. The van der Waals surface area contributed by atoms with Gasteiger partial charge in [0.2, 0.25) is 0 Å². The van der Waals surface area contributed by atoms with E-state index in [1.807, 2.05) is 60.4 Å². The second-order valence-electron chi connectivity index (χ2n) is 6.34. The maximum Gasteiger partial charge on any atom is 0.272 e. The highest BCUT2D eigenvalue weighted by Crippen LogP contribution is 2.18. The summed E-state index contributed by atoms with van der Waals surface area (Å²) >= 11 is 0.